The highest BCUT2D eigenvalue weighted by molar-refractivity contribution is 4.71. The summed E-state index contributed by atoms with van der Waals surface area (Å²) in [6.07, 6.45) is 11.0. The molecule has 0 aliphatic carbocycles. The third kappa shape index (κ3) is 5.86. The van der Waals surface area contributed by atoms with Crippen molar-refractivity contribution in [3.8, 4) is 0 Å². The van der Waals surface area contributed by atoms with E-state index in [0.29, 0.717) is 6.10 Å². The van der Waals surface area contributed by atoms with Crippen LogP contribution in [0.5, 0.6) is 0 Å². The number of ether oxygens (including phenoxy) is 1. The van der Waals surface area contributed by atoms with Gasteiger partial charge in [0.15, 0.2) is 0 Å². The number of unbranched alkanes of at least 4 members (excludes halogenated alkanes) is 1. The van der Waals surface area contributed by atoms with Crippen molar-refractivity contribution < 1.29 is 4.74 Å². The summed E-state index contributed by atoms with van der Waals surface area (Å²) in [5.41, 5.74) is 0. The molecule has 1 aliphatic heterocycles. The van der Waals surface area contributed by atoms with Gasteiger partial charge in [-0.05, 0) is 45.1 Å². The van der Waals surface area contributed by atoms with Crippen molar-refractivity contribution in [2.75, 3.05) is 13.2 Å². The fourth-order valence-electron chi connectivity index (χ4n) is 2.51. The van der Waals surface area contributed by atoms with Crippen molar-refractivity contribution in [2.45, 2.75) is 77.4 Å². The molecule has 96 valence electrons. The minimum Gasteiger partial charge on any atom is -0.378 e. The lowest BCUT2D eigenvalue weighted by atomic mass is 9.99. The largest absolute Gasteiger partial charge is 0.378 e. The van der Waals surface area contributed by atoms with Gasteiger partial charge in [0.1, 0.15) is 0 Å². The van der Waals surface area contributed by atoms with Gasteiger partial charge in [-0.3, -0.25) is 0 Å². The van der Waals surface area contributed by atoms with Crippen LogP contribution in [0, 0.1) is 0 Å². The Bertz CT molecular complexity index is 155. The van der Waals surface area contributed by atoms with Gasteiger partial charge in [-0.25, -0.2) is 0 Å². The molecule has 1 N–H and O–H groups in total. The lowest BCUT2D eigenvalue weighted by Crippen LogP contribution is -2.30. The Balaban J connectivity index is 2.14. The summed E-state index contributed by atoms with van der Waals surface area (Å²) in [5.74, 6) is 0. The van der Waals surface area contributed by atoms with E-state index in [1.807, 2.05) is 0 Å². The second-order valence-corrected chi connectivity index (χ2v) is 4.96. The second kappa shape index (κ2) is 9.00. The van der Waals surface area contributed by atoms with E-state index in [1.165, 1.54) is 51.4 Å². The smallest absolute Gasteiger partial charge is 0.0575 e. The summed E-state index contributed by atoms with van der Waals surface area (Å²) in [7, 11) is 0. The summed E-state index contributed by atoms with van der Waals surface area (Å²) in [5, 5.41) is 3.60. The molecule has 1 rings (SSSR count). The average Bonchev–Trinajstić information content (AvgIpc) is 2.34. The molecule has 0 amide bonds. The Hall–Kier alpha value is -0.0800. The number of rotatable bonds is 8. The molecule has 1 aliphatic rings. The molecule has 0 aromatic carbocycles. The maximum atomic E-state index is 5.78. The van der Waals surface area contributed by atoms with Crippen molar-refractivity contribution in [3.63, 3.8) is 0 Å². The maximum Gasteiger partial charge on any atom is 0.0575 e. The van der Waals surface area contributed by atoms with Crippen LogP contribution in [0.2, 0.25) is 0 Å². The van der Waals surface area contributed by atoms with Crippen LogP contribution in [0.25, 0.3) is 0 Å². The first-order valence-electron chi connectivity index (χ1n) is 7.21. The van der Waals surface area contributed by atoms with Crippen LogP contribution in [0.15, 0.2) is 0 Å². The SMILES string of the molecule is CCCCC(CCC1CCCCO1)NCC. The Morgan fingerprint density at radius 1 is 1.25 bits per heavy atom. The first kappa shape index (κ1) is 14.0. The third-order valence-electron chi connectivity index (χ3n) is 3.51. The van der Waals surface area contributed by atoms with Crippen LogP contribution < -0.4 is 5.32 Å². The lowest BCUT2D eigenvalue weighted by molar-refractivity contribution is 0.00844. The highest BCUT2D eigenvalue weighted by Crippen LogP contribution is 2.19. The second-order valence-electron chi connectivity index (χ2n) is 4.96. The Kier molecular flexibility index (Phi) is 7.87. The quantitative estimate of drug-likeness (QED) is 0.685. The molecule has 0 saturated carbocycles. The molecule has 0 bridgehead atoms. The molecule has 0 spiro atoms. The molecule has 1 heterocycles. The third-order valence-corrected chi connectivity index (χ3v) is 3.51. The minimum atomic E-state index is 0.552. The van der Waals surface area contributed by atoms with Crippen molar-refractivity contribution >= 4 is 0 Å². The molecule has 0 aromatic heterocycles. The number of hydrogen-bond acceptors (Lipinski definition) is 2. The first-order valence-corrected chi connectivity index (χ1v) is 7.21. The molecule has 2 heteroatoms. The van der Waals surface area contributed by atoms with Gasteiger partial charge in [-0.15, -0.1) is 0 Å². The molecular weight excluding hydrogens is 198 g/mol. The normalized spacial score (nSPS) is 23.2. The molecule has 1 saturated heterocycles. The summed E-state index contributed by atoms with van der Waals surface area (Å²) < 4.78 is 5.78. The van der Waals surface area contributed by atoms with E-state index in [1.54, 1.807) is 0 Å². The van der Waals surface area contributed by atoms with Gasteiger partial charge in [-0.1, -0.05) is 26.7 Å². The van der Waals surface area contributed by atoms with Crippen LogP contribution >= 0.6 is 0 Å². The van der Waals surface area contributed by atoms with E-state index in [9.17, 15) is 0 Å². The molecule has 2 unspecified atom stereocenters. The number of hydrogen-bond donors (Lipinski definition) is 1. The van der Waals surface area contributed by atoms with Crippen molar-refractivity contribution in [1.29, 1.82) is 0 Å². The van der Waals surface area contributed by atoms with Gasteiger partial charge < -0.3 is 10.1 Å². The van der Waals surface area contributed by atoms with E-state index >= 15 is 0 Å². The molecule has 0 radical (unpaired) electrons. The summed E-state index contributed by atoms with van der Waals surface area (Å²) >= 11 is 0. The molecule has 0 aromatic rings. The summed E-state index contributed by atoms with van der Waals surface area (Å²) in [6, 6.07) is 0.718. The average molecular weight is 227 g/mol. The Morgan fingerprint density at radius 3 is 2.75 bits per heavy atom. The predicted octanol–water partition coefficient (Wildman–Crippen LogP) is 3.50. The Morgan fingerprint density at radius 2 is 2.12 bits per heavy atom. The van der Waals surface area contributed by atoms with Crippen LogP contribution in [-0.2, 0) is 4.74 Å². The topological polar surface area (TPSA) is 21.3 Å². The summed E-state index contributed by atoms with van der Waals surface area (Å²) in [4.78, 5) is 0. The molecule has 2 nitrogen and oxygen atoms in total. The highest BCUT2D eigenvalue weighted by Gasteiger charge is 2.15. The summed E-state index contributed by atoms with van der Waals surface area (Å²) in [6.45, 7) is 6.56. The Labute approximate surface area is 101 Å². The minimum absolute atomic E-state index is 0.552. The zero-order valence-electron chi connectivity index (χ0n) is 11.1. The van der Waals surface area contributed by atoms with Crippen molar-refractivity contribution in [3.05, 3.63) is 0 Å². The molecular formula is C14H29NO. The van der Waals surface area contributed by atoms with Gasteiger partial charge in [0.05, 0.1) is 6.10 Å². The molecule has 16 heavy (non-hydrogen) atoms. The maximum absolute atomic E-state index is 5.78. The molecule has 2 atom stereocenters. The van der Waals surface area contributed by atoms with Gasteiger partial charge in [0.25, 0.3) is 0 Å². The van der Waals surface area contributed by atoms with Crippen LogP contribution in [-0.4, -0.2) is 25.3 Å². The van der Waals surface area contributed by atoms with E-state index in [0.717, 1.165) is 19.2 Å². The van der Waals surface area contributed by atoms with Crippen molar-refractivity contribution in [1.82, 2.24) is 5.32 Å². The van der Waals surface area contributed by atoms with Crippen LogP contribution in [0.1, 0.15) is 65.2 Å². The lowest BCUT2D eigenvalue weighted by Gasteiger charge is -2.25. The highest BCUT2D eigenvalue weighted by atomic mass is 16.5. The van der Waals surface area contributed by atoms with Crippen LogP contribution in [0.4, 0.5) is 0 Å². The fourth-order valence-corrected chi connectivity index (χ4v) is 2.51. The zero-order chi connectivity index (χ0) is 11.6. The van der Waals surface area contributed by atoms with Gasteiger partial charge in [-0.2, -0.15) is 0 Å². The van der Waals surface area contributed by atoms with Crippen LogP contribution in [0.3, 0.4) is 0 Å². The van der Waals surface area contributed by atoms with E-state index in [-0.39, 0.29) is 0 Å². The number of nitrogens with one attached hydrogen (secondary N) is 1. The van der Waals surface area contributed by atoms with Gasteiger partial charge in [0, 0.05) is 12.6 Å². The predicted molar refractivity (Wildman–Crippen MR) is 69.8 cm³/mol. The first-order chi connectivity index (χ1) is 7.86. The van der Waals surface area contributed by atoms with E-state index in [2.05, 4.69) is 19.2 Å². The fraction of sp³-hybridized carbons (Fsp3) is 1.00. The zero-order valence-corrected chi connectivity index (χ0v) is 11.1. The van der Waals surface area contributed by atoms with Crippen molar-refractivity contribution in [2.24, 2.45) is 0 Å². The monoisotopic (exact) mass is 227 g/mol. The van der Waals surface area contributed by atoms with E-state index < -0.39 is 0 Å². The standard InChI is InChI=1S/C14H29NO/c1-3-5-8-13(15-4-2)10-11-14-9-6-7-12-16-14/h13-15H,3-12H2,1-2H3. The van der Waals surface area contributed by atoms with E-state index in [4.69, 9.17) is 4.74 Å². The molecule has 1 fully saturated rings. The van der Waals surface area contributed by atoms with Gasteiger partial charge in [0.2, 0.25) is 0 Å². The van der Waals surface area contributed by atoms with Gasteiger partial charge >= 0.3 is 0 Å².